The van der Waals surface area contributed by atoms with Gasteiger partial charge in [0.25, 0.3) is 0 Å². The normalized spacial score (nSPS) is 16.5. The Hall–Kier alpha value is -0.830. The second kappa shape index (κ2) is 4.13. The molecule has 0 saturated heterocycles. The van der Waals surface area contributed by atoms with Gasteiger partial charge in [-0.05, 0) is 12.8 Å². The lowest BCUT2D eigenvalue weighted by atomic mass is 10.3. The first kappa shape index (κ1) is 9.71. The first-order chi connectivity index (χ1) is 6.77. The van der Waals surface area contributed by atoms with Crippen LogP contribution in [0.5, 0.6) is 0 Å². The second-order valence-corrected chi connectivity index (χ2v) is 4.38. The Bertz CT molecular complexity index is 286. The Balaban J connectivity index is 1.85. The predicted octanol–water partition coefficient (Wildman–Crippen LogP) is 1.76. The molecular formula is C11H19N3. The van der Waals surface area contributed by atoms with Crippen molar-refractivity contribution < 1.29 is 0 Å². The molecule has 0 radical (unpaired) electrons. The fourth-order valence-electron chi connectivity index (χ4n) is 1.70. The Kier molecular flexibility index (Phi) is 2.87. The zero-order chi connectivity index (χ0) is 9.97. The van der Waals surface area contributed by atoms with Gasteiger partial charge in [0, 0.05) is 36.9 Å². The van der Waals surface area contributed by atoms with Crippen LogP contribution in [0.25, 0.3) is 0 Å². The number of hydrogen-bond acceptors (Lipinski definition) is 2. The van der Waals surface area contributed by atoms with Gasteiger partial charge in [0.05, 0.1) is 6.33 Å². The lowest BCUT2D eigenvalue weighted by Gasteiger charge is -2.09. The van der Waals surface area contributed by atoms with Crippen molar-refractivity contribution in [2.24, 2.45) is 0 Å². The Morgan fingerprint density at radius 1 is 1.57 bits per heavy atom. The Labute approximate surface area is 85.5 Å². The van der Waals surface area contributed by atoms with E-state index in [1.165, 1.54) is 18.5 Å². The van der Waals surface area contributed by atoms with E-state index in [0.717, 1.165) is 19.0 Å². The van der Waals surface area contributed by atoms with Crippen molar-refractivity contribution in [2.75, 3.05) is 6.54 Å². The average Bonchev–Trinajstić information content (AvgIpc) is 2.87. The van der Waals surface area contributed by atoms with E-state index in [1.807, 2.05) is 12.5 Å². The van der Waals surface area contributed by atoms with E-state index in [2.05, 4.69) is 28.7 Å². The lowest BCUT2D eigenvalue weighted by Crippen LogP contribution is -2.25. The summed E-state index contributed by atoms with van der Waals surface area (Å²) in [4.78, 5) is 4.22. The van der Waals surface area contributed by atoms with E-state index in [0.29, 0.717) is 6.04 Å². The molecule has 3 heteroatoms. The van der Waals surface area contributed by atoms with E-state index in [1.54, 1.807) is 0 Å². The second-order valence-electron chi connectivity index (χ2n) is 4.38. The Morgan fingerprint density at radius 3 is 3.00 bits per heavy atom. The maximum atomic E-state index is 4.22. The fraction of sp³-hybridized carbons (Fsp3) is 0.727. The molecule has 1 aromatic rings. The van der Waals surface area contributed by atoms with Crippen LogP contribution in [0.15, 0.2) is 12.5 Å². The van der Waals surface area contributed by atoms with Crippen molar-refractivity contribution >= 4 is 0 Å². The summed E-state index contributed by atoms with van der Waals surface area (Å²) in [7, 11) is 0. The van der Waals surface area contributed by atoms with Crippen LogP contribution in [0.1, 0.15) is 38.4 Å². The van der Waals surface area contributed by atoms with Gasteiger partial charge in [-0.2, -0.15) is 0 Å². The highest BCUT2D eigenvalue weighted by atomic mass is 15.1. The smallest absolute Gasteiger partial charge is 0.0950 e. The molecule has 0 atom stereocenters. The molecule has 78 valence electrons. The van der Waals surface area contributed by atoms with Crippen LogP contribution in [0.3, 0.4) is 0 Å². The maximum Gasteiger partial charge on any atom is 0.0950 e. The zero-order valence-corrected chi connectivity index (χ0v) is 9.03. The highest BCUT2D eigenvalue weighted by molar-refractivity contribution is 5.04. The molecule has 0 aromatic carbocycles. The minimum atomic E-state index is 0.576. The first-order valence-electron chi connectivity index (χ1n) is 5.51. The van der Waals surface area contributed by atoms with E-state index in [-0.39, 0.29) is 0 Å². The van der Waals surface area contributed by atoms with Gasteiger partial charge in [-0.25, -0.2) is 4.98 Å². The summed E-state index contributed by atoms with van der Waals surface area (Å²) in [5, 5.41) is 3.43. The number of hydrogen-bond donors (Lipinski definition) is 1. The van der Waals surface area contributed by atoms with Gasteiger partial charge in [0.1, 0.15) is 0 Å². The standard InChI is InChI=1S/C11H19N3/c1-9(2)13-6-5-11-7-12-8-14(11)10-3-4-10/h7-10,13H,3-6H2,1-2H3. The third kappa shape index (κ3) is 2.35. The summed E-state index contributed by atoms with van der Waals surface area (Å²) in [5.74, 6) is 0. The van der Waals surface area contributed by atoms with Gasteiger partial charge >= 0.3 is 0 Å². The van der Waals surface area contributed by atoms with Gasteiger partial charge in [-0.15, -0.1) is 0 Å². The topological polar surface area (TPSA) is 29.9 Å². The van der Waals surface area contributed by atoms with Crippen molar-refractivity contribution in [2.45, 2.75) is 45.2 Å². The van der Waals surface area contributed by atoms with Crippen molar-refractivity contribution in [3.8, 4) is 0 Å². The van der Waals surface area contributed by atoms with Crippen LogP contribution < -0.4 is 5.32 Å². The molecule has 1 heterocycles. The van der Waals surface area contributed by atoms with Crippen molar-refractivity contribution in [3.63, 3.8) is 0 Å². The molecule has 1 aliphatic rings. The lowest BCUT2D eigenvalue weighted by molar-refractivity contribution is 0.575. The zero-order valence-electron chi connectivity index (χ0n) is 9.03. The van der Waals surface area contributed by atoms with Gasteiger partial charge in [-0.3, -0.25) is 0 Å². The summed E-state index contributed by atoms with van der Waals surface area (Å²) in [6, 6.07) is 1.33. The highest BCUT2D eigenvalue weighted by Gasteiger charge is 2.24. The Morgan fingerprint density at radius 2 is 2.36 bits per heavy atom. The minimum absolute atomic E-state index is 0.576. The average molecular weight is 193 g/mol. The van der Waals surface area contributed by atoms with E-state index in [4.69, 9.17) is 0 Å². The quantitative estimate of drug-likeness (QED) is 0.772. The van der Waals surface area contributed by atoms with E-state index in [9.17, 15) is 0 Å². The minimum Gasteiger partial charge on any atom is -0.332 e. The number of nitrogens with one attached hydrogen (secondary N) is 1. The van der Waals surface area contributed by atoms with Crippen molar-refractivity contribution in [1.29, 1.82) is 0 Å². The number of nitrogens with zero attached hydrogens (tertiary/aromatic N) is 2. The summed E-state index contributed by atoms with van der Waals surface area (Å²) in [6.07, 6.45) is 7.74. The number of imidazole rings is 1. The third-order valence-corrected chi connectivity index (χ3v) is 2.62. The predicted molar refractivity (Wildman–Crippen MR) is 57.3 cm³/mol. The molecular weight excluding hydrogens is 174 g/mol. The van der Waals surface area contributed by atoms with Crippen LogP contribution in [-0.4, -0.2) is 22.1 Å². The van der Waals surface area contributed by atoms with Gasteiger partial charge in [0.15, 0.2) is 0 Å². The number of rotatable bonds is 5. The molecule has 1 fully saturated rings. The first-order valence-corrected chi connectivity index (χ1v) is 5.51. The summed E-state index contributed by atoms with van der Waals surface area (Å²) in [5.41, 5.74) is 1.38. The van der Waals surface area contributed by atoms with Gasteiger partial charge in [-0.1, -0.05) is 13.8 Å². The van der Waals surface area contributed by atoms with Crippen molar-refractivity contribution in [1.82, 2.24) is 14.9 Å². The molecule has 1 N–H and O–H groups in total. The SMILES string of the molecule is CC(C)NCCc1cncn1C1CC1. The summed E-state index contributed by atoms with van der Waals surface area (Å²) >= 11 is 0. The molecule has 3 nitrogen and oxygen atoms in total. The molecule has 0 amide bonds. The van der Waals surface area contributed by atoms with Crippen molar-refractivity contribution in [3.05, 3.63) is 18.2 Å². The van der Waals surface area contributed by atoms with Crippen LogP contribution in [0.4, 0.5) is 0 Å². The summed E-state index contributed by atoms with van der Waals surface area (Å²) in [6.45, 7) is 5.41. The fourth-order valence-corrected chi connectivity index (χ4v) is 1.70. The molecule has 0 spiro atoms. The van der Waals surface area contributed by atoms with E-state index < -0.39 is 0 Å². The van der Waals surface area contributed by atoms with Crippen LogP contribution in [0, 0.1) is 0 Å². The number of aromatic nitrogens is 2. The largest absolute Gasteiger partial charge is 0.332 e. The summed E-state index contributed by atoms with van der Waals surface area (Å²) < 4.78 is 2.34. The molecule has 0 bridgehead atoms. The van der Waals surface area contributed by atoms with Gasteiger partial charge < -0.3 is 9.88 Å². The maximum absolute atomic E-state index is 4.22. The van der Waals surface area contributed by atoms with Crippen LogP contribution in [0.2, 0.25) is 0 Å². The molecule has 0 unspecified atom stereocenters. The molecule has 14 heavy (non-hydrogen) atoms. The van der Waals surface area contributed by atoms with Crippen LogP contribution in [-0.2, 0) is 6.42 Å². The monoisotopic (exact) mass is 193 g/mol. The molecule has 1 saturated carbocycles. The highest BCUT2D eigenvalue weighted by Crippen LogP contribution is 2.35. The van der Waals surface area contributed by atoms with E-state index >= 15 is 0 Å². The van der Waals surface area contributed by atoms with Gasteiger partial charge in [0.2, 0.25) is 0 Å². The third-order valence-electron chi connectivity index (χ3n) is 2.62. The van der Waals surface area contributed by atoms with Crippen LogP contribution >= 0.6 is 0 Å². The molecule has 0 aliphatic heterocycles. The molecule has 2 rings (SSSR count). The molecule has 1 aliphatic carbocycles. The molecule has 1 aromatic heterocycles.